The van der Waals surface area contributed by atoms with Gasteiger partial charge in [-0.3, -0.25) is 32.4 Å². The zero-order chi connectivity index (χ0) is 33.0. The number of anilines is 2. The lowest BCUT2D eigenvalue weighted by Crippen LogP contribution is -2.37. The van der Waals surface area contributed by atoms with Gasteiger partial charge in [0.15, 0.2) is 22.6 Å². The number of nitrogens with zero attached hydrogens (tertiary/aromatic N) is 7. The summed E-state index contributed by atoms with van der Waals surface area (Å²) in [6.07, 6.45) is -0.216. The van der Waals surface area contributed by atoms with Crippen molar-refractivity contribution < 1.29 is 42.0 Å². The fourth-order valence-electron chi connectivity index (χ4n) is 7.08. The fourth-order valence-corrected chi connectivity index (χ4v) is 11.4. The molecule has 47 heavy (non-hydrogen) atoms. The number of rotatable bonds is 3. The van der Waals surface area contributed by atoms with Gasteiger partial charge in [0.05, 0.1) is 37.2 Å². The number of aromatic nitrogens is 8. The molecule has 4 aliphatic rings. The van der Waals surface area contributed by atoms with E-state index in [1.54, 1.807) is 4.57 Å². The van der Waals surface area contributed by atoms with Crippen LogP contribution in [0.4, 0.5) is 11.8 Å². The third-order valence-electron chi connectivity index (χ3n) is 9.21. The predicted molar refractivity (Wildman–Crippen MR) is 167 cm³/mol. The molecule has 11 atom stereocenters. The summed E-state index contributed by atoms with van der Waals surface area (Å²) in [6, 6.07) is -0.713. The minimum atomic E-state index is -4.87. The van der Waals surface area contributed by atoms with E-state index in [2.05, 4.69) is 42.2 Å². The maximum atomic E-state index is 13.8. The first-order valence-electron chi connectivity index (χ1n) is 14.2. The number of H-pyrrole nitrogens is 1. The molecule has 7 N–H and O–H groups in total. The van der Waals surface area contributed by atoms with E-state index >= 15 is 0 Å². The SMILES string of the molecule is CO[C@H]1[C@H]2OP(=O)(O)OC[C@]34C[C@@H]3[C@@H](n3cnc5c(N)ncnc53)[C@H](O)[C@@H]4O[P@@](=O)(S)OC[C@H]1S[C@H]2n1cnc2c(=O)[nH]c(N)nc21. The molecule has 2 saturated carbocycles. The number of phosphoric ester groups is 1. The number of ether oxygens (including phenoxy) is 1. The number of nitrogens with one attached hydrogen (secondary N) is 1. The Hall–Kier alpha value is -2.62. The van der Waals surface area contributed by atoms with Gasteiger partial charge >= 0.3 is 14.6 Å². The molecule has 4 fully saturated rings. The highest BCUT2D eigenvalue weighted by molar-refractivity contribution is 8.44. The monoisotopic (exact) mass is 730 g/mol. The molecule has 24 heteroatoms. The second-order valence-electron chi connectivity index (χ2n) is 11.8. The summed E-state index contributed by atoms with van der Waals surface area (Å²) in [5.74, 6) is -0.410. The van der Waals surface area contributed by atoms with Crippen LogP contribution in [0.25, 0.3) is 22.3 Å². The Labute approximate surface area is 273 Å². The molecule has 8 rings (SSSR count). The Balaban J connectivity index is 1.15. The summed E-state index contributed by atoms with van der Waals surface area (Å²) in [4.78, 5) is 46.8. The average molecular weight is 731 g/mol. The van der Waals surface area contributed by atoms with Crippen molar-refractivity contribution in [2.24, 2.45) is 11.3 Å². The first-order valence-corrected chi connectivity index (χ1v) is 19.3. The van der Waals surface area contributed by atoms with E-state index in [1.807, 2.05) is 0 Å². The van der Waals surface area contributed by atoms with Gasteiger partial charge in [-0.05, 0) is 12.3 Å². The first kappa shape index (κ1) is 31.6. The van der Waals surface area contributed by atoms with E-state index in [0.717, 1.165) is 0 Å². The molecule has 4 aromatic rings. The number of thioether (sulfide) groups is 1. The van der Waals surface area contributed by atoms with Gasteiger partial charge in [-0.2, -0.15) is 4.98 Å². The molecule has 4 aromatic heterocycles. The van der Waals surface area contributed by atoms with Crippen LogP contribution in [0.2, 0.25) is 0 Å². The van der Waals surface area contributed by atoms with Gasteiger partial charge in [0.1, 0.15) is 41.6 Å². The standard InChI is InChI=1S/C23H28N10O10P2S2/c1-39-14-9-3-40-45(38,46)43-16-13(34)12(32-6-28-10-17(24)26-5-27-18(10)32)8-2-23(8,16)4-41-44(36,37)42-15(14)21(47-9)33-7-29-11-19(33)30-22(25)31-20(11)35/h5-9,12-16,21,34H,2-4H2,1H3,(H,36,37)(H,38,46)(H2,24,26,27)(H3,25,30,31,35)/t8-,9-,12-,13+,14-,15-,16+,21-,23-,45+/m1/s1. The van der Waals surface area contributed by atoms with Crippen LogP contribution in [-0.2, 0) is 32.0 Å². The molecule has 6 heterocycles. The van der Waals surface area contributed by atoms with Crippen molar-refractivity contribution in [3.8, 4) is 0 Å². The zero-order valence-electron chi connectivity index (χ0n) is 24.2. The minimum absolute atomic E-state index is 0.0163. The number of thiol groups is 1. The van der Waals surface area contributed by atoms with Gasteiger partial charge in [-0.1, -0.05) is 12.2 Å². The quantitative estimate of drug-likeness (QED) is 0.124. The normalized spacial score (nSPS) is 40.4. The zero-order valence-corrected chi connectivity index (χ0v) is 27.7. The molecule has 2 saturated heterocycles. The molecule has 2 bridgehead atoms. The molecule has 1 spiro atoms. The summed E-state index contributed by atoms with van der Waals surface area (Å²) in [5, 5.41) is 10.1. The Morgan fingerprint density at radius 2 is 1.89 bits per heavy atom. The van der Waals surface area contributed by atoms with Gasteiger partial charge in [-0.15, -0.1) is 11.8 Å². The van der Waals surface area contributed by atoms with Crippen LogP contribution < -0.4 is 17.0 Å². The van der Waals surface area contributed by atoms with Gasteiger partial charge in [0.25, 0.3) is 5.56 Å². The van der Waals surface area contributed by atoms with Crippen molar-refractivity contribution in [3.63, 3.8) is 0 Å². The molecule has 0 aromatic carbocycles. The Kier molecular flexibility index (Phi) is 7.37. The maximum absolute atomic E-state index is 13.8. The van der Waals surface area contributed by atoms with Crippen molar-refractivity contribution in [2.75, 3.05) is 31.8 Å². The van der Waals surface area contributed by atoms with Crippen molar-refractivity contribution in [2.45, 2.75) is 47.5 Å². The second-order valence-corrected chi connectivity index (χ2v) is 17.4. The number of imidazole rings is 2. The fraction of sp³-hybridized carbons (Fsp3) is 0.565. The molecule has 0 radical (unpaired) electrons. The summed E-state index contributed by atoms with van der Waals surface area (Å²) in [6.45, 7) is -4.89. The van der Waals surface area contributed by atoms with Crippen molar-refractivity contribution >= 4 is 72.7 Å². The highest BCUT2D eigenvalue weighted by Gasteiger charge is 2.74. The highest BCUT2D eigenvalue weighted by atomic mass is 32.7. The predicted octanol–water partition coefficient (Wildman–Crippen LogP) is 0.630. The van der Waals surface area contributed by atoms with Crippen LogP contribution in [0.15, 0.2) is 23.8 Å². The summed E-state index contributed by atoms with van der Waals surface area (Å²) < 4.78 is 59.4. The van der Waals surface area contributed by atoms with Crippen molar-refractivity contribution in [1.82, 2.24) is 39.0 Å². The third kappa shape index (κ3) is 5.04. The Morgan fingerprint density at radius 1 is 1.13 bits per heavy atom. The van der Waals surface area contributed by atoms with E-state index < -0.39 is 79.2 Å². The number of aromatic amines is 1. The molecule has 0 amide bonds. The van der Waals surface area contributed by atoms with Crippen LogP contribution >= 0.6 is 38.6 Å². The lowest BCUT2D eigenvalue weighted by Gasteiger charge is -2.30. The second kappa shape index (κ2) is 10.9. The number of nitrogens with two attached hydrogens (primary N) is 2. The minimum Gasteiger partial charge on any atom is -0.388 e. The Bertz CT molecular complexity index is 2070. The number of methoxy groups -OCH3 is 1. The number of aliphatic hydroxyl groups excluding tert-OH is 1. The Morgan fingerprint density at radius 3 is 2.68 bits per heavy atom. The van der Waals surface area contributed by atoms with Crippen LogP contribution in [0.1, 0.15) is 17.8 Å². The number of fused-ring (bicyclic) bond motifs is 4. The molecule has 20 nitrogen and oxygen atoms in total. The van der Waals surface area contributed by atoms with Gasteiger partial charge in [0, 0.05) is 12.5 Å². The number of nitrogen functional groups attached to an aromatic ring is 2. The van der Waals surface area contributed by atoms with E-state index in [0.29, 0.717) is 17.6 Å². The number of aliphatic hydroxyl groups is 1. The van der Waals surface area contributed by atoms with E-state index in [4.69, 9.17) is 34.3 Å². The maximum Gasteiger partial charge on any atom is 0.472 e. The van der Waals surface area contributed by atoms with Gasteiger partial charge < -0.3 is 30.8 Å². The molecule has 2 aliphatic carbocycles. The van der Waals surface area contributed by atoms with Crippen LogP contribution in [-0.4, -0.2) is 99.0 Å². The summed E-state index contributed by atoms with van der Waals surface area (Å²) in [7, 11) is -3.50. The van der Waals surface area contributed by atoms with Crippen LogP contribution in [0.5, 0.6) is 0 Å². The molecule has 252 valence electrons. The number of phosphoric acid groups is 1. The first-order chi connectivity index (χ1) is 22.3. The third-order valence-corrected chi connectivity index (χ3v) is 13.3. The molecule has 1 unspecified atom stereocenters. The topological polar surface area (TPSA) is 280 Å². The van der Waals surface area contributed by atoms with Gasteiger partial charge in [0.2, 0.25) is 5.95 Å². The van der Waals surface area contributed by atoms with E-state index in [1.165, 1.54) is 42.4 Å². The van der Waals surface area contributed by atoms with Crippen molar-refractivity contribution in [1.29, 1.82) is 0 Å². The van der Waals surface area contributed by atoms with E-state index in [9.17, 15) is 23.9 Å². The number of hydrogen-bond acceptors (Lipinski definition) is 17. The van der Waals surface area contributed by atoms with Gasteiger partial charge in [-0.25, -0.2) is 29.1 Å². The average Bonchev–Trinajstić information content (AvgIpc) is 3.30. The number of hydrogen-bond donors (Lipinski definition) is 6. The largest absolute Gasteiger partial charge is 0.472 e. The van der Waals surface area contributed by atoms with Crippen LogP contribution in [0.3, 0.4) is 0 Å². The molecular formula is C23H28N10O10P2S2. The molecule has 2 aliphatic heterocycles. The summed E-state index contributed by atoms with van der Waals surface area (Å²) in [5.41, 5.74) is 10.8. The van der Waals surface area contributed by atoms with Crippen LogP contribution in [0, 0.1) is 11.3 Å². The lowest BCUT2D eigenvalue weighted by molar-refractivity contribution is -0.0275. The summed E-state index contributed by atoms with van der Waals surface area (Å²) >= 11 is 5.41. The molecular weight excluding hydrogens is 702 g/mol. The lowest BCUT2D eigenvalue weighted by atomic mass is 10.0. The van der Waals surface area contributed by atoms with Crippen molar-refractivity contribution in [3.05, 3.63) is 29.3 Å². The highest BCUT2D eigenvalue weighted by Crippen LogP contribution is 2.73. The van der Waals surface area contributed by atoms with E-state index in [-0.39, 0.29) is 29.5 Å². The smallest absolute Gasteiger partial charge is 0.388 e.